The lowest BCUT2D eigenvalue weighted by atomic mass is 9.84. The van der Waals surface area contributed by atoms with E-state index in [1.54, 1.807) is 0 Å². The van der Waals surface area contributed by atoms with E-state index < -0.39 is 12.2 Å². The second-order valence-electron chi connectivity index (χ2n) is 5.83. The number of unbranched alkanes of at least 4 members (excludes halogenated alkanes) is 6. The predicted molar refractivity (Wildman–Crippen MR) is 77.0 cm³/mol. The Morgan fingerprint density at radius 3 is 2.26 bits per heavy atom. The van der Waals surface area contributed by atoms with Gasteiger partial charge in [-0.2, -0.15) is 0 Å². The summed E-state index contributed by atoms with van der Waals surface area (Å²) in [6, 6.07) is 0.138. The maximum Gasteiger partial charge on any atom is 0.0927 e. The Morgan fingerprint density at radius 1 is 1.00 bits per heavy atom. The average molecular weight is 273 g/mol. The van der Waals surface area contributed by atoms with Gasteiger partial charge in [0, 0.05) is 25.1 Å². The Balaban J connectivity index is 2.14. The fourth-order valence-corrected chi connectivity index (χ4v) is 2.94. The Kier molecular flexibility index (Phi) is 8.62. The molecule has 0 aliphatic carbocycles. The van der Waals surface area contributed by atoms with Crippen molar-refractivity contribution < 1.29 is 15.3 Å². The Labute approximate surface area is 117 Å². The molecule has 0 aromatic carbocycles. The van der Waals surface area contributed by atoms with Crippen molar-refractivity contribution in [2.24, 2.45) is 5.92 Å². The molecule has 1 heterocycles. The summed E-state index contributed by atoms with van der Waals surface area (Å²) in [7, 11) is 0. The number of piperidine rings is 1. The maximum absolute atomic E-state index is 9.86. The van der Waals surface area contributed by atoms with Gasteiger partial charge >= 0.3 is 0 Å². The van der Waals surface area contributed by atoms with Gasteiger partial charge < -0.3 is 20.6 Å². The number of nitrogens with one attached hydrogen (secondary N) is 1. The summed E-state index contributed by atoms with van der Waals surface area (Å²) in [6.07, 6.45) is 8.33. The Bertz CT molecular complexity index is 225. The van der Waals surface area contributed by atoms with E-state index in [1.807, 2.05) is 0 Å². The number of hydrogen-bond acceptors (Lipinski definition) is 4. The van der Waals surface area contributed by atoms with Crippen LogP contribution in [-0.4, -0.2) is 46.7 Å². The van der Waals surface area contributed by atoms with Crippen molar-refractivity contribution in [3.8, 4) is 0 Å². The molecule has 2 unspecified atom stereocenters. The molecule has 0 bridgehead atoms. The first-order valence-corrected chi connectivity index (χ1v) is 7.91. The van der Waals surface area contributed by atoms with Gasteiger partial charge in [-0.05, 0) is 6.42 Å². The molecule has 4 N–H and O–H groups in total. The van der Waals surface area contributed by atoms with Crippen molar-refractivity contribution in [2.45, 2.75) is 76.5 Å². The van der Waals surface area contributed by atoms with Crippen LogP contribution in [-0.2, 0) is 0 Å². The molecule has 0 radical (unpaired) electrons. The highest BCUT2D eigenvalue weighted by Crippen LogP contribution is 2.22. The fourth-order valence-electron chi connectivity index (χ4n) is 2.94. The Hall–Kier alpha value is -0.160. The summed E-state index contributed by atoms with van der Waals surface area (Å²) in [5.74, 6) is -0.233. The van der Waals surface area contributed by atoms with E-state index in [2.05, 4.69) is 12.2 Å². The van der Waals surface area contributed by atoms with E-state index in [0.717, 1.165) is 12.8 Å². The number of hydrogen-bond donors (Lipinski definition) is 4. The van der Waals surface area contributed by atoms with Crippen molar-refractivity contribution in [1.29, 1.82) is 0 Å². The molecule has 1 fully saturated rings. The lowest BCUT2D eigenvalue weighted by Crippen LogP contribution is -2.57. The summed E-state index contributed by atoms with van der Waals surface area (Å²) in [4.78, 5) is 0. The second kappa shape index (κ2) is 9.70. The molecule has 1 aliphatic heterocycles. The maximum atomic E-state index is 9.86. The van der Waals surface area contributed by atoms with E-state index in [9.17, 15) is 15.3 Å². The molecular weight excluding hydrogens is 242 g/mol. The largest absolute Gasteiger partial charge is 0.396 e. The first-order chi connectivity index (χ1) is 9.20. The van der Waals surface area contributed by atoms with Crippen LogP contribution in [0.1, 0.15) is 58.3 Å². The lowest BCUT2D eigenvalue weighted by molar-refractivity contribution is -0.0679. The predicted octanol–water partition coefficient (Wildman–Crippen LogP) is 1.43. The first-order valence-electron chi connectivity index (χ1n) is 7.91. The zero-order chi connectivity index (χ0) is 14.1. The van der Waals surface area contributed by atoms with Gasteiger partial charge in [-0.25, -0.2) is 0 Å². The number of aliphatic hydroxyl groups excluding tert-OH is 3. The Morgan fingerprint density at radius 2 is 1.63 bits per heavy atom. The summed E-state index contributed by atoms with van der Waals surface area (Å²) >= 11 is 0. The normalized spacial score (nSPS) is 31.6. The number of rotatable bonds is 9. The van der Waals surface area contributed by atoms with E-state index in [0.29, 0.717) is 6.54 Å². The van der Waals surface area contributed by atoms with E-state index in [1.165, 1.54) is 38.5 Å². The quantitative estimate of drug-likeness (QED) is 0.480. The molecule has 1 saturated heterocycles. The van der Waals surface area contributed by atoms with Crippen LogP contribution in [0.15, 0.2) is 0 Å². The van der Waals surface area contributed by atoms with Gasteiger partial charge in [0.1, 0.15) is 0 Å². The molecule has 1 rings (SSSR count). The van der Waals surface area contributed by atoms with Gasteiger partial charge in [0.25, 0.3) is 0 Å². The number of aliphatic hydroxyl groups is 3. The minimum Gasteiger partial charge on any atom is -0.396 e. The zero-order valence-electron chi connectivity index (χ0n) is 12.2. The van der Waals surface area contributed by atoms with Crippen molar-refractivity contribution in [3.63, 3.8) is 0 Å². The third kappa shape index (κ3) is 5.78. The summed E-state index contributed by atoms with van der Waals surface area (Å²) in [6.45, 7) is 2.59. The van der Waals surface area contributed by atoms with Gasteiger partial charge in [-0.15, -0.1) is 0 Å². The van der Waals surface area contributed by atoms with Gasteiger partial charge in [-0.1, -0.05) is 51.9 Å². The van der Waals surface area contributed by atoms with Gasteiger partial charge in [0.15, 0.2) is 0 Å². The molecule has 114 valence electrons. The van der Waals surface area contributed by atoms with E-state index in [4.69, 9.17) is 0 Å². The molecule has 4 atom stereocenters. The molecule has 4 nitrogen and oxygen atoms in total. The third-order valence-corrected chi connectivity index (χ3v) is 4.27. The standard InChI is InChI=1S/C15H31NO3/c1-2-3-4-5-6-7-8-9-13-12(11-17)15(19)14(18)10-16-13/h12-19H,2-11H2,1H3/t12?,13?,14-,15+/m1/s1. The third-order valence-electron chi connectivity index (χ3n) is 4.27. The SMILES string of the molecule is CCCCCCCCCC1NC[C@@H](O)[C@@H](O)C1CO. The van der Waals surface area contributed by atoms with Crippen LogP contribution in [0.25, 0.3) is 0 Å². The topological polar surface area (TPSA) is 72.7 Å². The van der Waals surface area contributed by atoms with Gasteiger partial charge in [0.05, 0.1) is 12.2 Å². The highest BCUT2D eigenvalue weighted by Gasteiger charge is 2.36. The van der Waals surface area contributed by atoms with Crippen LogP contribution in [0.4, 0.5) is 0 Å². The van der Waals surface area contributed by atoms with Crippen LogP contribution < -0.4 is 5.32 Å². The molecule has 0 saturated carbocycles. The van der Waals surface area contributed by atoms with Crippen LogP contribution in [0.2, 0.25) is 0 Å². The highest BCUT2D eigenvalue weighted by molar-refractivity contribution is 4.91. The molecule has 1 aliphatic rings. The molecule has 0 spiro atoms. The molecule has 0 aromatic rings. The van der Waals surface area contributed by atoms with E-state index in [-0.39, 0.29) is 18.6 Å². The van der Waals surface area contributed by atoms with Crippen LogP contribution in [0, 0.1) is 5.92 Å². The van der Waals surface area contributed by atoms with Gasteiger partial charge in [0.2, 0.25) is 0 Å². The van der Waals surface area contributed by atoms with E-state index >= 15 is 0 Å². The van der Waals surface area contributed by atoms with Crippen molar-refractivity contribution in [2.75, 3.05) is 13.2 Å². The molecule has 0 amide bonds. The average Bonchev–Trinajstić information content (AvgIpc) is 2.42. The van der Waals surface area contributed by atoms with Crippen LogP contribution >= 0.6 is 0 Å². The minimum absolute atomic E-state index is 0.0631. The van der Waals surface area contributed by atoms with Gasteiger partial charge in [-0.3, -0.25) is 0 Å². The molecule has 19 heavy (non-hydrogen) atoms. The van der Waals surface area contributed by atoms with Crippen LogP contribution in [0.3, 0.4) is 0 Å². The summed E-state index contributed by atoms with van der Waals surface area (Å²) < 4.78 is 0. The van der Waals surface area contributed by atoms with Crippen molar-refractivity contribution in [1.82, 2.24) is 5.32 Å². The molecule has 0 aromatic heterocycles. The molecular formula is C15H31NO3. The van der Waals surface area contributed by atoms with Crippen LogP contribution in [0.5, 0.6) is 0 Å². The zero-order valence-corrected chi connectivity index (χ0v) is 12.2. The molecule has 4 heteroatoms. The fraction of sp³-hybridized carbons (Fsp3) is 1.00. The van der Waals surface area contributed by atoms with Crippen molar-refractivity contribution >= 4 is 0 Å². The lowest BCUT2D eigenvalue weighted by Gasteiger charge is -2.38. The van der Waals surface area contributed by atoms with Crippen molar-refractivity contribution in [3.05, 3.63) is 0 Å². The monoisotopic (exact) mass is 273 g/mol. The smallest absolute Gasteiger partial charge is 0.0927 e. The first kappa shape index (κ1) is 16.9. The second-order valence-corrected chi connectivity index (χ2v) is 5.83. The highest BCUT2D eigenvalue weighted by atomic mass is 16.3. The minimum atomic E-state index is -0.791. The summed E-state index contributed by atoms with van der Waals surface area (Å²) in [5, 5.41) is 32.0. The number of β-amino-alcohol motifs (C(OH)–C–C–N with tert-alkyl or cyclic N) is 1. The summed E-state index contributed by atoms with van der Waals surface area (Å²) in [5.41, 5.74) is 0.